The van der Waals surface area contributed by atoms with Gasteiger partial charge in [-0.3, -0.25) is 14.8 Å². The highest BCUT2D eigenvalue weighted by atomic mass is 16.5. The van der Waals surface area contributed by atoms with Crippen molar-refractivity contribution in [2.75, 3.05) is 7.11 Å². The molecule has 5 heteroatoms. The Bertz CT molecular complexity index is 1200. The summed E-state index contributed by atoms with van der Waals surface area (Å²) in [5.74, 6) is 1.33. The summed E-state index contributed by atoms with van der Waals surface area (Å²) >= 11 is 0. The van der Waals surface area contributed by atoms with E-state index in [1.807, 2.05) is 48.5 Å². The van der Waals surface area contributed by atoms with Crippen LogP contribution in [-0.2, 0) is 6.61 Å². The fourth-order valence-corrected chi connectivity index (χ4v) is 3.14. The average Bonchev–Trinajstić information content (AvgIpc) is 2.81. The van der Waals surface area contributed by atoms with Crippen LogP contribution in [0.5, 0.6) is 11.5 Å². The number of hydrogen-bond donors (Lipinski definition) is 0. The van der Waals surface area contributed by atoms with E-state index in [-0.39, 0.29) is 5.78 Å². The number of benzene rings is 2. The third-order valence-electron chi connectivity index (χ3n) is 4.66. The van der Waals surface area contributed by atoms with Gasteiger partial charge in [-0.05, 0) is 48.0 Å². The molecule has 0 unspecified atom stereocenters. The van der Waals surface area contributed by atoms with Gasteiger partial charge in [0.2, 0.25) is 0 Å². The number of hydrogen-bond acceptors (Lipinski definition) is 5. The number of fused-ring (bicyclic) bond motifs is 1. The Morgan fingerprint density at radius 3 is 2.70 bits per heavy atom. The van der Waals surface area contributed by atoms with Crippen LogP contribution in [-0.4, -0.2) is 22.9 Å². The Morgan fingerprint density at radius 2 is 1.87 bits per heavy atom. The molecule has 0 saturated heterocycles. The summed E-state index contributed by atoms with van der Waals surface area (Å²) < 4.78 is 11.5. The molecule has 4 rings (SSSR count). The van der Waals surface area contributed by atoms with Crippen molar-refractivity contribution in [1.82, 2.24) is 9.97 Å². The minimum Gasteiger partial charge on any atom is -0.496 e. The molecule has 0 amide bonds. The highest BCUT2D eigenvalue weighted by Gasteiger charge is 2.08. The van der Waals surface area contributed by atoms with Crippen molar-refractivity contribution < 1.29 is 14.3 Å². The summed E-state index contributed by atoms with van der Waals surface area (Å²) in [5.41, 5.74) is 3.12. The lowest BCUT2D eigenvalue weighted by molar-refractivity contribution is 0.104. The van der Waals surface area contributed by atoms with Gasteiger partial charge in [-0.25, -0.2) is 0 Å². The second-order valence-corrected chi connectivity index (χ2v) is 6.63. The number of nitrogens with zero attached hydrogens (tertiary/aromatic N) is 2. The van der Waals surface area contributed by atoms with Gasteiger partial charge in [-0.15, -0.1) is 0 Å². The van der Waals surface area contributed by atoms with E-state index in [0.717, 1.165) is 27.8 Å². The number of ether oxygens (including phenoxy) is 2. The first-order chi connectivity index (χ1) is 14.7. The van der Waals surface area contributed by atoms with Crippen molar-refractivity contribution >= 4 is 22.8 Å². The van der Waals surface area contributed by atoms with Crippen LogP contribution in [0, 0.1) is 0 Å². The molecule has 2 aromatic carbocycles. The van der Waals surface area contributed by atoms with E-state index in [9.17, 15) is 4.79 Å². The Labute approximate surface area is 174 Å². The maximum absolute atomic E-state index is 12.3. The van der Waals surface area contributed by atoms with Crippen LogP contribution in [0.3, 0.4) is 0 Å². The molecular formula is C25H20N2O3. The fourth-order valence-electron chi connectivity index (χ4n) is 3.14. The van der Waals surface area contributed by atoms with Crippen LogP contribution in [0.2, 0.25) is 0 Å². The molecule has 0 bridgehead atoms. The maximum atomic E-state index is 12.3. The lowest BCUT2D eigenvalue weighted by Crippen LogP contribution is -2.00. The SMILES string of the molecule is COc1ccc(/C=C/C(=O)c2cccnc2)cc1COc1cccc2cccnc12. The van der Waals surface area contributed by atoms with Crippen molar-refractivity contribution in [1.29, 1.82) is 0 Å². The number of rotatable bonds is 7. The average molecular weight is 396 g/mol. The standard InChI is InChI=1S/C25H20N2O3/c1-29-23-12-10-18(9-11-22(28)20-7-3-13-26-16-20)15-21(23)17-30-24-8-2-5-19-6-4-14-27-25(19)24/h2-16H,17H2,1H3/b11-9+. The van der Waals surface area contributed by atoms with E-state index in [4.69, 9.17) is 9.47 Å². The number of aromatic nitrogens is 2. The third-order valence-corrected chi connectivity index (χ3v) is 4.66. The zero-order valence-corrected chi connectivity index (χ0v) is 16.5. The van der Waals surface area contributed by atoms with Gasteiger partial charge >= 0.3 is 0 Å². The van der Waals surface area contributed by atoms with Crippen LogP contribution < -0.4 is 9.47 Å². The van der Waals surface area contributed by atoms with Gasteiger partial charge in [0.25, 0.3) is 0 Å². The van der Waals surface area contributed by atoms with Gasteiger partial charge in [0, 0.05) is 35.1 Å². The van der Waals surface area contributed by atoms with Crippen molar-refractivity contribution in [2.45, 2.75) is 6.61 Å². The minimum atomic E-state index is -0.0986. The number of allylic oxidation sites excluding steroid dienone is 1. The largest absolute Gasteiger partial charge is 0.496 e. The Morgan fingerprint density at radius 1 is 1.00 bits per heavy atom. The molecule has 5 nitrogen and oxygen atoms in total. The normalized spacial score (nSPS) is 11.0. The molecule has 30 heavy (non-hydrogen) atoms. The monoisotopic (exact) mass is 396 g/mol. The van der Waals surface area contributed by atoms with Crippen LogP contribution >= 0.6 is 0 Å². The highest BCUT2D eigenvalue weighted by Crippen LogP contribution is 2.27. The van der Waals surface area contributed by atoms with Gasteiger partial charge in [0.1, 0.15) is 23.6 Å². The summed E-state index contributed by atoms with van der Waals surface area (Å²) in [7, 11) is 1.62. The molecule has 0 spiro atoms. The topological polar surface area (TPSA) is 61.3 Å². The first-order valence-electron chi connectivity index (χ1n) is 9.50. The predicted molar refractivity (Wildman–Crippen MR) is 117 cm³/mol. The highest BCUT2D eigenvalue weighted by molar-refractivity contribution is 6.06. The number of ketones is 1. The van der Waals surface area contributed by atoms with Crippen LogP contribution in [0.15, 0.2) is 85.3 Å². The van der Waals surface area contributed by atoms with E-state index in [1.165, 1.54) is 6.08 Å². The molecule has 2 aromatic heterocycles. The van der Waals surface area contributed by atoms with Crippen LogP contribution in [0.25, 0.3) is 17.0 Å². The van der Waals surface area contributed by atoms with E-state index in [2.05, 4.69) is 9.97 Å². The molecule has 0 fully saturated rings. The molecule has 0 saturated carbocycles. The minimum absolute atomic E-state index is 0.0986. The molecule has 0 radical (unpaired) electrons. The van der Waals surface area contributed by atoms with Gasteiger partial charge in [-0.2, -0.15) is 0 Å². The molecule has 4 aromatic rings. The summed E-state index contributed by atoms with van der Waals surface area (Å²) in [6.45, 7) is 0.317. The Hall–Kier alpha value is -3.99. The summed E-state index contributed by atoms with van der Waals surface area (Å²) in [6, 6.07) is 18.9. The number of carbonyl (C=O) groups excluding carboxylic acids is 1. The summed E-state index contributed by atoms with van der Waals surface area (Å²) in [5, 5.41) is 1.02. The lowest BCUT2D eigenvalue weighted by Gasteiger charge is -2.12. The molecule has 0 aliphatic rings. The number of para-hydroxylation sites is 1. The first-order valence-corrected chi connectivity index (χ1v) is 9.50. The van der Waals surface area contributed by atoms with Crippen LogP contribution in [0.1, 0.15) is 21.5 Å². The van der Waals surface area contributed by atoms with E-state index < -0.39 is 0 Å². The molecule has 2 heterocycles. The quantitative estimate of drug-likeness (QED) is 0.321. The third kappa shape index (κ3) is 4.36. The van der Waals surface area contributed by atoms with Crippen molar-refractivity contribution in [3.05, 3.63) is 102 Å². The summed E-state index contributed by atoms with van der Waals surface area (Å²) in [6.07, 6.45) is 8.26. The smallest absolute Gasteiger partial charge is 0.187 e. The second kappa shape index (κ2) is 9.01. The van der Waals surface area contributed by atoms with Crippen molar-refractivity contribution in [2.24, 2.45) is 0 Å². The molecule has 0 atom stereocenters. The lowest BCUT2D eigenvalue weighted by atomic mass is 10.1. The number of carbonyl (C=O) groups is 1. The first kappa shape index (κ1) is 19.3. The van der Waals surface area contributed by atoms with E-state index in [1.54, 1.807) is 43.9 Å². The molecule has 0 aliphatic heterocycles. The van der Waals surface area contributed by atoms with Gasteiger partial charge in [0.05, 0.1) is 7.11 Å². The summed E-state index contributed by atoms with van der Waals surface area (Å²) in [4.78, 5) is 20.7. The van der Waals surface area contributed by atoms with E-state index >= 15 is 0 Å². The number of methoxy groups -OCH3 is 1. The zero-order chi connectivity index (χ0) is 20.8. The predicted octanol–water partition coefficient (Wildman–Crippen LogP) is 5.11. The zero-order valence-electron chi connectivity index (χ0n) is 16.5. The second-order valence-electron chi connectivity index (χ2n) is 6.63. The molecule has 0 N–H and O–H groups in total. The van der Waals surface area contributed by atoms with Crippen LogP contribution in [0.4, 0.5) is 0 Å². The van der Waals surface area contributed by atoms with E-state index in [0.29, 0.717) is 17.9 Å². The van der Waals surface area contributed by atoms with Gasteiger partial charge < -0.3 is 9.47 Å². The van der Waals surface area contributed by atoms with Crippen molar-refractivity contribution in [3.8, 4) is 11.5 Å². The molecule has 148 valence electrons. The van der Waals surface area contributed by atoms with Gasteiger partial charge in [0.15, 0.2) is 5.78 Å². The molecular weight excluding hydrogens is 376 g/mol. The fraction of sp³-hybridized carbons (Fsp3) is 0.0800. The Kier molecular flexibility index (Phi) is 5.80. The maximum Gasteiger partial charge on any atom is 0.187 e. The van der Waals surface area contributed by atoms with Crippen molar-refractivity contribution in [3.63, 3.8) is 0 Å². The number of pyridine rings is 2. The molecule has 0 aliphatic carbocycles. The van der Waals surface area contributed by atoms with Gasteiger partial charge in [-0.1, -0.05) is 30.3 Å². The Balaban J connectivity index is 1.54.